The minimum atomic E-state index is -0.582. The summed E-state index contributed by atoms with van der Waals surface area (Å²) in [4.78, 5) is 16.7. The summed E-state index contributed by atoms with van der Waals surface area (Å²) in [6.07, 6.45) is 1.24. The Morgan fingerprint density at radius 2 is 2.24 bits per heavy atom. The molecule has 1 saturated heterocycles. The second-order valence-electron chi connectivity index (χ2n) is 5.05. The Bertz CT molecular complexity index is 604. The molecule has 0 aromatic carbocycles. The lowest BCUT2D eigenvalue weighted by atomic mass is 9.91. The molecule has 2 N–H and O–H groups in total. The third-order valence-electron chi connectivity index (χ3n) is 3.64. The maximum absolute atomic E-state index is 12.3. The SMILES string of the molecule is O=C(NC1(CO)CCOCC1)c1csc(-c2ccsc2)n1. The molecular weight excluding hydrogens is 308 g/mol. The highest BCUT2D eigenvalue weighted by Gasteiger charge is 2.34. The van der Waals surface area contributed by atoms with Crippen molar-refractivity contribution in [1.29, 1.82) is 0 Å². The van der Waals surface area contributed by atoms with Crippen molar-refractivity contribution in [3.63, 3.8) is 0 Å². The second-order valence-corrected chi connectivity index (χ2v) is 6.69. The van der Waals surface area contributed by atoms with Crippen LogP contribution in [0.1, 0.15) is 23.3 Å². The van der Waals surface area contributed by atoms with Crippen LogP contribution < -0.4 is 5.32 Å². The van der Waals surface area contributed by atoms with Gasteiger partial charge < -0.3 is 15.2 Å². The Morgan fingerprint density at radius 1 is 1.43 bits per heavy atom. The molecule has 0 spiro atoms. The van der Waals surface area contributed by atoms with Gasteiger partial charge in [0.15, 0.2) is 0 Å². The van der Waals surface area contributed by atoms with Crippen LogP contribution in [0.5, 0.6) is 0 Å². The van der Waals surface area contributed by atoms with Gasteiger partial charge in [0.1, 0.15) is 10.7 Å². The van der Waals surface area contributed by atoms with E-state index in [4.69, 9.17) is 4.74 Å². The number of amides is 1. The van der Waals surface area contributed by atoms with Gasteiger partial charge in [0.2, 0.25) is 0 Å². The Balaban J connectivity index is 1.73. The molecule has 1 aliphatic heterocycles. The van der Waals surface area contributed by atoms with Crippen LogP contribution in [0.15, 0.2) is 22.2 Å². The van der Waals surface area contributed by atoms with E-state index in [1.54, 1.807) is 16.7 Å². The lowest BCUT2D eigenvalue weighted by Crippen LogP contribution is -2.54. The van der Waals surface area contributed by atoms with E-state index >= 15 is 0 Å². The van der Waals surface area contributed by atoms with Gasteiger partial charge in [-0.2, -0.15) is 11.3 Å². The monoisotopic (exact) mass is 324 g/mol. The van der Waals surface area contributed by atoms with Crippen molar-refractivity contribution in [2.45, 2.75) is 18.4 Å². The quantitative estimate of drug-likeness (QED) is 0.904. The number of aromatic nitrogens is 1. The van der Waals surface area contributed by atoms with E-state index in [-0.39, 0.29) is 12.5 Å². The van der Waals surface area contributed by atoms with Crippen LogP contribution in [-0.4, -0.2) is 41.4 Å². The van der Waals surface area contributed by atoms with E-state index in [0.29, 0.717) is 31.7 Å². The third kappa shape index (κ3) is 3.16. The molecule has 2 aromatic rings. The van der Waals surface area contributed by atoms with Gasteiger partial charge in [-0.25, -0.2) is 4.98 Å². The minimum absolute atomic E-state index is 0.0797. The zero-order valence-corrected chi connectivity index (χ0v) is 13.0. The second kappa shape index (κ2) is 6.23. The topological polar surface area (TPSA) is 71.5 Å². The Hall–Kier alpha value is -1.28. The average Bonchev–Trinajstić information content (AvgIpc) is 3.19. The van der Waals surface area contributed by atoms with Crippen molar-refractivity contribution in [3.8, 4) is 10.6 Å². The summed E-state index contributed by atoms with van der Waals surface area (Å²) in [6, 6.07) is 1.98. The zero-order valence-electron chi connectivity index (χ0n) is 11.4. The van der Waals surface area contributed by atoms with Gasteiger partial charge in [-0.05, 0) is 24.3 Å². The van der Waals surface area contributed by atoms with Gasteiger partial charge in [0.05, 0.1) is 12.1 Å². The molecule has 0 saturated carbocycles. The Labute approximate surface area is 130 Å². The van der Waals surface area contributed by atoms with E-state index in [9.17, 15) is 9.90 Å². The first-order chi connectivity index (χ1) is 10.2. The number of hydrogen-bond acceptors (Lipinski definition) is 6. The number of nitrogens with one attached hydrogen (secondary N) is 1. The van der Waals surface area contributed by atoms with Gasteiger partial charge >= 0.3 is 0 Å². The van der Waals surface area contributed by atoms with Gasteiger partial charge in [0.25, 0.3) is 5.91 Å². The van der Waals surface area contributed by atoms with Crippen molar-refractivity contribution >= 4 is 28.6 Å². The predicted octanol–water partition coefficient (Wildman–Crippen LogP) is 2.14. The van der Waals surface area contributed by atoms with Crippen molar-refractivity contribution in [3.05, 3.63) is 27.9 Å². The Morgan fingerprint density at radius 3 is 2.90 bits per heavy atom. The number of carbonyl (C=O) groups is 1. The van der Waals surface area contributed by atoms with Crippen molar-refractivity contribution < 1.29 is 14.6 Å². The van der Waals surface area contributed by atoms with E-state index < -0.39 is 5.54 Å². The summed E-state index contributed by atoms with van der Waals surface area (Å²) in [6.45, 7) is 1.03. The molecule has 0 aliphatic carbocycles. The maximum atomic E-state index is 12.3. The summed E-state index contributed by atoms with van der Waals surface area (Å²) >= 11 is 3.05. The number of rotatable bonds is 4. The standard InChI is InChI=1S/C14H16N2O3S2/c17-9-14(2-4-19-5-3-14)16-12(18)11-8-21-13(15-11)10-1-6-20-7-10/h1,6-8,17H,2-5,9H2,(H,16,18). The van der Waals surface area contributed by atoms with E-state index in [1.165, 1.54) is 11.3 Å². The lowest BCUT2D eigenvalue weighted by Gasteiger charge is -2.36. The number of nitrogens with zero attached hydrogens (tertiary/aromatic N) is 1. The molecule has 0 atom stereocenters. The first kappa shape index (κ1) is 14.6. The summed E-state index contributed by atoms with van der Waals surface area (Å²) in [5.74, 6) is -0.233. The average molecular weight is 324 g/mol. The molecule has 3 rings (SSSR count). The number of hydrogen-bond donors (Lipinski definition) is 2. The summed E-state index contributed by atoms with van der Waals surface area (Å²) in [5.41, 5.74) is 0.856. The normalized spacial score (nSPS) is 17.6. The van der Waals surface area contributed by atoms with Gasteiger partial charge in [-0.3, -0.25) is 4.79 Å². The zero-order chi connectivity index (χ0) is 14.7. The van der Waals surface area contributed by atoms with Crippen LogP contribution in [0.25, 0.3) is 10.6 Å². The van der Waals surface area contributed by atoms with Crippen molar-refractivity contribution in [2.24, 2.45) is 0 Å². The van der Waals surface area contributed by atoms with Crippen LogP contribution in [0.4, 0.5) is 0 Å². The highest BCUT2D eigenvalue weighted by Crippen LogP contribution is 2.26. The number of ether oxygens (including phenoxy) is 1. The summed E-state index contributed by atoms with van der Waals surface area (Å²) in [5, 5.41) is 19.1. The smallest absolute Gasteiger partial charge is 0.271 e. The van der Waals surface area contributed by atoms with Gasteiger partial charge in [0, 0.05) is 29.5 Å². The number of aliphatic hydroxyl groups is 1. The highest BCUT2D eigenvalue weighted by molar-refractivity contribution is 7.14. The molecule has 0 bridgehead atoms. The number of thiazole rings is 1. The molecule has 0 unspecified atom stereocenters. The molecular formula is C14H16N2O3S2. The van der Waals surface area contributed by atoms with Gasteiger partial charge in [-0.1, -0.05) is 0 Å². The molecule has 21 heavy (non-hydrogen) atoms. The largest absolute Gasteiger partial charge is 0.394 e. The molecule has 5 nitrogen and oxygen atoms in total. The van der Waals surface area contributed by atoms with Crippen molar-refractivity contribution in [2.75, 3.05) is 19.8 Å². The highest BCUT2D eigenvalue weighted by atomic mass is 32.1. The molecule has 0 radical (unpaired) electrons. The van der Waals surface area contributed by atoms with Gasteiger partial charge in [-0.15, -0.1) is 11.3 Å². The molecule has 1 amide bonds. The lowest BCUT2D eigenvalue weighted by molar-refractivity contribution is 0.0124. The fourth-order valence-electron chi connectivity index (χ4n) is 2.29. The molecule has 3 heterocycles. The fraction of sp³-hybridized carbons (Fsp3) is 0.429. The van der Waals surface area contributed by atoms with E-state index in [1.807, 2.05) is 16.8 Å². The van der Waals surface area contributed by atoms with Crippen molar-refractivity contribution in [1.82, 2.24) is 10.3 Å². The molecule has 112 valence electrons. The number of carbonyl (C=O) groups excluding carboxylic acids is 1. The van der Waals surface area contributed by atoms with Crippen LogP contribution in [0.2, 0.25) is 0 Å². The summed E-state index contributed by atoms with van der Waals surface area (Å²) in [7, 11) is 0. The Kier molecular flexibility index (Phi) is 4.34. The minimum Gasteiger partial charge on any atom is -0.394 e. The van der Waals surface area contributed by atoms with Crippen LogP contribution >= 0.6 is 22.7 Å². The fourth-order valence-corrected chi connectivity index (χ4v) is 3.80. The van der Waals surface area contributed by atoms with Crippen LogP contribution in [0.3, 0.4) is 0 Å². The first-order valence-corrected chi connectivity index (χ1v) is 8.54. The molecule has 2 aromatic heterocycles. The molecule has 1 fully saturated rings. The predicted molar refractivity (Wildman–Crippen MR) is 82.8 cm³/mol. The number of aliphatic hydroxyl groups excluding tert-OH is 1. The van der Waals surface area contributed by atoms with E-state index in [0.717, 1.165) is 10.6 Å². The van der Waals surface area contributed by atoms with E-state index in [2.05, 4.69) is 10.3 Å². The summed E-state index contributed by atoms with van der Waals surface area (Å²) < 4.78 is 5.29. The molecule has 1 aliphatic rings. The number of thiophene rings is 1. The first-order valence-electron chi connectivity index (χ1n) is 6.72. The molecule has 7 heteroatoms. The third-order valence-corrected chi connectivity index (χ3v) is 5.21. The maximum Gasteiger partial charge on any atom is 0.271 e. The van der Waals surface area contributed by atoms with Crippen LogP contribution in [-0.2, 0) is 4.74 Å². The van der Waals surface area contributed by atoms with Crippen LogP contribution in [0, 0.1) is 0 Å².